The number of hydrogen-bond donors (Lipinski definition) is 2. The molecule has 3 aromatic carbocycles. The highest BCUT2D eigenvalue weighted by Gasteiger charge is 2.27. The highest BCUT2D eigenvalue weighted by Crippen LogP contribution is 2.31. The Kier molecular flexibility index (Phi) is 6.48. The molecule has 0 saturated carbocycles. The van der Waals surface area contributed by atoms with Crippen molar-refractivity contribution >= 4 is 34.4 Å². The Labute approximate surface area is 212 Å². The Hall–Kier alpha value is -4.10. The number of nitrogens with one attached hydrogen (secondary N) is 2. The third-order valence-electron chi connectivity index (χ3n) is 6.86. The minimum atomic E-state index is -0.408. The number of rotatable bonds is 5. The predicted octanol–water partition coefficient (Wildman–Crippen LogP) is 3.89. The minimum Gasteiger partial charge on any atom is -0.378 e. The Morgan fingerprint density at radius 3 is 2.14 bits per heavy atom. The van der Waals surface area contributed by atoms with Gasteiger partial charge in [0.1, 0.15) is 0 Å². The molecule has 0 aromatic heterocycles. The number of piperazine rings is 1. The van der Waals surface area contributed by atoms with Crippen LogP contribution in [0.3, 0.4) is 0 Å². The van der Waals surface area contributed by atoms with Crippen molar-refractivity contribution in [2.45, 2.75) is 0 Å². The number of likely N-dealkylation sites (N-methyl/N-ethyl adjacent to an activating group) is 1. The number of carbonyl (C=O) groups excluding carboxylic acids is 2. The number of amides is 2. The van der Waals surface area contributed by atoms with Crippen LogP contribution in [0.4, 0.5) is 17.1 Å². The van der Waals surface area contributed by atoms with E-state index in [0.717, 1.165) is 48.7 Å². The van der Waals surface area contributed by atoms with Crippen molar-refractivity contribution in [3.05, 3.63) is 84.1 Å². The van der Waals surface area contributed by atoms with E-state index >= 15 is 0 Å². The second-order valence-corrected chi connectivity index (χ2v) is 9.52. The van der Waals surface area contributed by atoms with Gasteiger partial charge in [-0.25, -0.2) is 0 Å². The van der Waals surface area contributed by atoms with Gasteiger partial charge in [0.15, 0.2) is 0 Å². The molecule has 0 atom stereocenters. The Balaban J connectivity index is 1.39. The average molecular weight is 482 g/mol. The zero-order chi connectivity index (χ0) is 25.2. The summed E-state index contributed by atoms with van der Waals surface area (Å²) in [5, 5.41) is 5.70. The molecule has 0 unspecified atom stereocenters. The summed E-state index contributed by atoms with van der Waals surface area (Å²) in [4.78, 5) is 32.0. The average Bonchev–Trinajstić information content (AvgIpc) is 2.89. The first kappa shape index (κ1) is 23.6. The van der Waals surface area contributed by atoms with E-state index in [9.17, 15) is 9.59 Å². The van der Waals surface area contributed by atoms with Crippen molar-refractivity contribution in [2.75, 3.05) is 62.4 Å². The minimum absolute atomic E-state index is 0.377. The summed E-state index contributed by atoms with van der Waals surface area (Å²) in [6, 6.07) is 22.0. The Morgan fingerprint density at radius 1 is 0.806 bits per heavy atom. The zero-order valence-corrected chi connectivity index (χ0v) is 20.9. The van der Waals surface area contributed by atoms with E-state index in [1.807, 2.05) is 55.4 Å². The van der Waals surface area contributed by atoms with Crippen molar-refractivity contribution in [3.63, 3.8) is 0 Å². The summed E-state index contributed by atoms with van der Waals surface area (Å²) in [5.74, 6) is -0.785. The van der Waals surface area contributed by atoms with E-state index < -0.39 is 5.91 Å². The quantitative estimate of drug-likeness (QED) is 0.426. The molecule has 36 heavy (non-hydrogen) atoms. The van der Waals surface area contributed by atoms with Gasteiger partial charge in [-0.15, -0.1) is 0 Å². The van der Waals surface area contributed by atoms with E-state index in [4.69, 9.17) is 0 Å². The third-order valence-corrected chi connectivity index (χ3v) is 6.86. The topological polar surface area (TPSA) is 67.9 Å². The monoisotopic (exact) mass is 481 g/mol. The lowest BCUT2D eigenvalue weighted by molar-refractivity contribution is -0.114. The molecule has 7 heteroatoms. The fourth-order valence-corrected chi connectivity index (χ4v) is 4.59. The van der Waals surface area contributed by atoms with Crippen LogP contribution >= 0.6 is 0 Å². The molecule has 0 bridgehead atoms. The van der Waals surface area contributed by atoms with Crippen LogP contribution in [0.15, 0.2) is 72.9 Å². The normalized spacial score (nSPS) is 17.1. The van der Waals surface area contributed by atoms with Gasteiger partial charge in [-0.05, 0) is 66.7 Å². The number of fused-ring (bicyclic) bond motifs is 1. The van der Waals surface area contributed by atoms with E-state index in [1.54, 1.807) is 12.3 Å². The van der Waals surface area contributed by atoms with Gasteiger partial charge < -0.3 is 20.0 Å². The summed E-state index contributed by atoms with van der Waals surface area (Å²) < 4.78 is 0. The van der Waals surface area contributed by atoms with Crippen LogP contribution in [0.5, 0.6) is 0 Å². The van der Waals surface area contributed by atoms with E-state index in [1.165, 1.54) is 5.69 Å². The van der Waals surface area contributed by atoms with Crippen LogP contribution < -0.4 is 20.4 Å². The maximum atomic E-state index is 12.8. The van der Waals surface area contributed by atoms with E-state index in [-0.39, 0.29) is 5.91 Å². The van der Waals surface area contributed by atoms with Crippen LogP contribution in [-0.4, -0.2) is 64.0 Å². The highest BCUT2D eigenvalue weighted by molar-refractivity contribution is 6.31. The van der Waals surface area contributed by atoms with Gasteiger partial charge in [-0.2, -0.15) is 0 Å². The fraction of sp³-hybridized carbons (Fsp3) is 0.241. The molecule has 0 aliphatic carbocycles. The first-order valence-electron chi connectivity index (χ1n) is 12.2. The summed E-state index contributed by atoms with van der Waals surface area (Å²) in [5.41, 5.74) is 6.69. The second-order valence-electron chi connectivity index (χ2n) is 9.52. The first-order chi connectivity index (χ1) is 17.4. The lowest BCUT2D eigenvalue weighted by atomic mass is 9.91. The molecule has 1 fully saturated rings. The molecule has 1 saturated heterocycles. The molecular formula is C29H31N5O2. The van der Waals surface area contributed by atoms with Crippen LogP contribution in [-0.2, 0) is 4.79 Å². The third kappa shape index (κ3) is 4.83. The standard InChI is InChI=1S/C29H31N5O2/c1-32(2)23-9-4-20(5-10-23)21-6-13-25-26(18-21)27(29(36)31-28(25)35)19-30-22-7-11-24(12-8-22)34-16-14-33(3)15-17-34/h4-13,18-19,30H,14-17H2,1-3H3,(H,31,35,36). The lowest BCUT2D eigenvalue weighted by Gasteiger charge is -2.34. The van der Waals surface area contributed by atoms with Crippen LogP contribution in [0.2, 0.25) is 0 Å². The highest BCUT2D eigenvalue weighted by atomic mass is 16.2. The first-order valence-corrected chi connectivity index (χ1v) is 12.2. The maximum Gasteiger partial charge on any atom is 0.260 e. The zero-order valence-electron chi connectivity index (χ0n) is 20.9. The molecule has 2 aliphatic heterocycles. The molecule has 2 heterocycles. The Morgan fingerprint density at radius 2 is 1.47 bits per heavy atom. The van der Waals surface area contributed by atoms with Crippen molar-refractivity contribution in [3.8, 4) is 11.1 Å². The van der Waals surface area contributed by atoms with Gasteiger partial charge in [-0.1, -0.05) is 18.2 Å². The molecule has 5 rings (SSSR count). The smallest absolute Gasteiger partial charge is 0.260 e. The fourth-order valence-electron chi connectivity index (χ4n) is 4.59. The number of anilines is 3. The number of nitrogens with zero attached hydrogens (tertiary/aromatic N) is 3. The van der Waals surface area contributed by atoms with Gasteiger partial charge >= 0.3 is 0 Å². The Bertz CT molecular complexity index is 1300. The molecule has 2 aliphatic rings. The lowest BCUT2D eigenvalue weighted by Crippen LogP contribution is -2.44. The van der Waals surface area contributed by atoms with Gasteiger partial charge in [0.25, 0.3) is 11.8 Å². The van der Waals surface area contributed by atoms with Gasteiger partial charge in [0.05, 0.1) is 5.57 Å². The van der Waals surface area contributed by atoms with Crippen molar-refractivity contribution in [1.82, 2.24) is 10.2 Å². The molecular weight excluding hydrogens is 450 g/mol. The van der Waals surface area contributed by atoms with Crippen molar-refractivity contribution < 1.29 is 9.59 Å². The molecule has 0 radical (unpaired) electrons. The second kappa shape index (κ2) is 9.87. The summed E-state index contributed by atoms with van der Waals surface area (Å²) in [7, 11) is 6.15. The molecule has 184 valence electrons. The number of carbonyl (C=O) groups is 2. The van der Waals surface area contributed by atoms with Gasteiger partial charge in [0, 0.05) is 74.7 Å². The summed E-state index contributed by atoms with van der Waals surface area (Å²) in [6.07, 6.45) is 1.68. The molecule has 2 amide bonds. The molecule has 7 nitrogen and oxygen atoms in total. The molecule has 3 aromatic rings. The number of hydrogen-bond acceptors (Lipinski definition) is 6. The summed E-state index contributed by atoms with van der Waals surface area (Å²) >= 11 is 0. The predicted molar refractivity (Wildman–Crippen MR) is 146 cm³/mol. The van der Waals surface area contributed by atoms with Crippen LogP contribution in [0.1, 0.15) is 15.9 Å². The van der Waals surface area contributed by atoms with Crippen LogP contribution in [0.25, 0.3) is 16.7 Å². The molecule has 2 N–H and O–H groups in total. The number of imide groups is 1. The van der Waals surface area contributed by atoms with E-state index in [0.29, 0.717) is 16.7 Å². The molecule has 0 spiro atoms. The summed E-state index contributed by atoms with van der Waals surface area (Å²) in [6.45, 7) is 4.14. The van der Waals surface area contributed by atoms with Gasteiger partial charge in [0.2, 0.25) is 0 Å². The van der Waals surface area contributed by atoms with E-state index in [2.05, 4.69) is 51.7 Å². The van der Waals surface area contributed by atoms with Gasteiger partial charge in [-0.3, -0.25) is 14.9 Å². The largest absolute Gasteiger partial charge is 0.378 e. The van der Waals surface area contributed by atoms with Crippen LogP contribution in [0, 0.1) is 0 Å². The number of benzene rings is 3. The SMILES string of the molecule is CN1CCN(c2ccc(NC=C3C(=O)NC(=O)c4ccc(-c5ccc(N(C)C)cc5)cc43)cc2)CC1. The van der Waals surface area contributed by atoms with Crippen molar-refractivity contribution in [1.29, 1.82) is 0 Å². The maximum absolute atomic E-state index is 12.8. The van der Waals surface area contributed by atoms with Crippen molar-refractivity contribution in [2.24, 2.45) is 0 Å².